The van der Waals surface area contributed by atoms with Gasteiger partial charge >= 0.3 is 12.4 Å². The number of hydrogen-bond acceptors (Lipinski definition) is 2. The van der Waals surface area contributed by atoms with E-state index in [0.29, 0.717) is 8.95 Å². The van der Waals surface area contributed by atoms with Gasteiger partial charge in [0, 0.05) is 8.95 Å². The van der Waals surface area contributed by atoms with E-state index in [1.54, 1.807) is 11.4 Å². The fourth-order valence-corrected chi connectivity index (χ4v) is 4.42. The average molecular weight is 651 g/mol. The van der Waals surface area contributed by atoms with E-state index in [0.717, 1.165) is 13.0 Å². The molecule has 2 aromatic rings. The Morgan fingerprint density at radius 1 is 1.00 bits per heavy atom. The minimum absolute atomic E-state index is 0.00443. The van der Waals surface area contributed by atoms with Gasteiger partial charge in [-0.25, -0.2) is 0 Å². The van der Waals surface area contributed by atoms with E-state index >= 15 is 0 Å². The third-order valence-electron chi connectivity index (χ3n) is 4.59. The summed E-state index contributed by atoms with van der Waals surface area (Å²) in [7, 11) is 0. The molecule has 35 heavy (non-hydrogen) atoms. The summed E-state index contributed by atoms with van der Waals surface area (Å²) in [6.07, 6.45) is -7.06. The van der Waals surface area contributed by atoms with Crippen molar-refractivity contribution >= 4 is 61.4 Å². The van der Waals surface area contributed by atoms with Gasteiger partial charge in [0.1, 0.15) is 6.04 Å². The van der Waals surface area contributed by atoms with Crippen LogP contribution in [0.5, 0.6) is 0 Å². The molecule has 0 spiro atoms. The van der Waals surface area contributed by atoms with Crippen LogP contribution in [0.1, 0.15) is 34.3 Å². The Morgan fingerprint density at radius 3 is 2.11 bits per heavy atom. The third kappa shape index (κ3) is 8.84. The summed E-state index contributed by atoms with van der Waals surface area (Å²) < 4.78 is 79.4. The lowest BCUT2D eigenvalue weighted by Crippen LogP contribution is -2.47. The highest BCUT2D eigenvalue weighted by molar-refractivity contribution is 9.11. The molecule has 2 N–H and O–H groups in total. The van der Waals surface area contributed by atoms with Crippen LogP contribution >= 0.6 is 43.5 Å². The largest absolute Gasteiger partial charge is 0.408 e. The van der Waals surface area contributed by atoms with Crippen LogP contribution in [0.2, 0.25) is 5.02 Å². The van der Waals surface area contributed by atoms with E-state index in [1.165, 1.54) is 36.4 Å². The van der Waals surface area contributed by atoms with Crippen LogP contribution in [0.15, 0.2) is 51.4 Å². The van der Waals surface area contributed by atoms with Crippen LogP contribution in [0.25, 0.3) is 6.08 Å². The van der Waals surface area contributed by atoms with Gasteiger partial charge in [-0.1, -0.05) is 61.7 Å². The second-order valence-corrected chi connectivity index (χ2v) is 9.57. The lowest BCUT2D eigenvalue weighted by Gasteiger charge is -2.18. The second kappa shape index (κ2) is 11.8. The van der Waals surface area contributed by atoms with Gasteiger partial charge in [-0.15, -0.1) is 0 Å². The molecule has 2 atom stereocenters. The normalized spacial score (nSPS) is 14.0. The number of alkyl halides is 6. The van der Waals surface area contributed by atoms with Crippen molar-refractivity contribution in [2.45, 2.75) is 31.2 Å². The van der Waals surface area contributed by atoms with Gasteiger partial charge in [0.15, 0.2) is 0 Å². The molecule has 0 fully saturated rings. The van der Waals surface area contributed by atoms with Crippen LogP contribution in [-0.2, 0) is 4.79 Å². The fraction of sp³-hybridized carbons (Fsp3) is 0.273. The minimum Gasteiger partial charge on any atom is -0.343 e. The number of halogens is 9. The van der Waals surface area contributed by atoms with Crippen LogP contribution in [0.4, 0.5) is 26.3 Å². The molecule has 13 heteroatoms. The molecular weight excluding hydrogens is 634 g/mol. The molecule has 0 bridgehead atoms. The summed E-state index contributed by atoms with van der Waals surface area (Å²) in [4.78, 5) is 23.8. The SMILES string of the molecule is CC(NC(=O)CNC(=O)c1ccc(/C=C/C(c2cc(Br)cc(Br)c2)C(F)(F)F)cc1Cl)C(F)(F)F. The zero-order valence-corrected chi connectivity index (χ0v) is 21.6. The van der Waals surface area contributed by atoms with Crippen molar-refractivity contribution in [1.82, 2.24) is 10.6 Å². The number of hydrogen-bond donors (Lipinski definition) is 2. The van der Waals surface area contributed by atoms with E-state index in [1.807, 2.05) is 0 Å². The second-order valence-electron chi connectivity index (χ2n) is 7.33. The van der Waals surface area contributed by atoms with Crippen molar-refractivity contribution in [1.29, 1.82) is 0 Å². The molecule has 0 heterocycles. The quantitative estimate of drug-likeness (QED) is 0.317. The molecular formula is C22H17Br2ClF6N2O2. The van der Waals surface area contributed by atoms with Crippen molar-refractivity contribution in [3.05, 3.63) is 73.1 Å². The van der Waals surface area contributed by atoms with Crippen molar-refractivity contribution in [3.8, 4) is 0 Å². The molecule has 2 unspecified atom stereocenters. The monoisotopic (exact) mass is 648 g/mol. The van der Waals surface area contributed by atoms with Crippen molar-refractivity contribution in [2.75, 3.05) is 6.54 Å². The number of benzene rings is 2. The molecule has 0 radical (unpaired) electrons. The third-order valence-corrected chi connectivity index (χ3v) is 5.82. The Kier molecular flexibility index (Phi) is 9.83. The summed E-state index contributed by atoms with van der Waals surface area (Å²) in [5.74, 6) is -3.82. The smallest absolute Gasteiger partial charge is 0.343 e. The molecule has 4 nitrogen and oxygen atoms in total. The molecule has 0 saturated carbocycles. The summed E-state index contributed by atoms with van der Waals surface area (Å²) in [6, 6.07) is 6.02. The number of allylic oxidation sites excluding steroid dienone is 1. The maximum Gasteiger partial charge on any atom is 0.408 e. The first-order valence-corrected chi connectivity index (χ1v) is 11.7. The van der Waals surface area contributed by atoms with E-state index in [-0.39, 0.29) is 21.7 Å². The molecule has 190 valence electrons. The standard InChI is InChI=1S/C22H17Br2ClF6N2O2/c1-11(21(26,27)28)33-19(34)10-32-20(35)16-4-2-12(6-18(16)25)3-5-17(22(29,30)31)13-7-14(23)9-15(24)8-13/h2-9,11,17H,10H2,1H3,(H,32,35)(H,33,34)/b5-3+. The number of amides is 2. The van der Waals surface area contributed by atoms with Crippen LogP contribution in [-0.4, -0.2) is 36.8 Å². The van der Waals surface area contributed by atoms with Gasteiger partial charge in [0.2, 0.25) is 5.91 Å². The molecule has 2 amide bonds. The molecule has 0 aliphatic heterocycles. The maximum absolute atomic E-state index is 13.7. The Balaban J connectivity index is 2.13. The molecule has 2 aromatic carbocycles. The number of carbonyl (C=O) groups excluding carboxylic acids is 2. The summed E-state index contributed by atoms with van der Waals surface area (Å²) in [5, 5.41) is 3.71. The highest BCUT2D eigenvalue weighted by atomic mass is 79.9. The fourth-order valence-electron chi connectivity index (χ4n) is 2.82. The minimum atomic E-state index is -4.63. The molecule has 0 aliphatic carbocycles. The van der Waals surface area contributed by atoms with E-state index < -0.39 is 42.7 Å². The molecule has 2 rings (SSSR count). The predicted molar refractivity (Wildman–Crippen MR) is 127 cm³/mol. The van der Waals surface area contributed by atoms with Crippen LogP contribution < -0.4 is 10.6 Å². The Morgan fingerprint density at radius 2 is 1.60 bits per heavy atom. The van der Waals surface area contributed by atoms with E-state index in [2.05, 4.69) is 37.2 Å². The highest BCUT2D eigenvalue weighted by Crippen LogP contribution is 2.38. The van der Waals surface area contributed by atoms with E-state index in [4.69, 9.17) is 11.6 Å². The topological polar surface area (TPSA) is 58.2 Å². The van der Waals surface area contributed by atoms with Crippen molar-refractivity contribution in [2.24, 2.45) is 0 Å². The lowest BCUT2D eigenvalue weighted by atomic mass is 9.97. The van der Waals surface area contributed by atoms with Crippen LogP contribution in [0, 0.1) is 0 Å². The summed E-state index contributed by atoms with van der Waals surface area (Å²) in [6.45, 7) is 0.0221. The van der Waals surface area contributed by atoms with Gasteiger partial charge in [0.05, 0.1) is 23.0 Å². The number of carbonyl (C=O) groups is 2. The Bertz CT molecular complexity index is 1100. The lowest BCUT2D eigenvalue weighted by molar-refractivity contribution is -0.157. The molecule has 0 aromatic heterocycles. The van der Waals surface area contributed by atoms with Gasteiger partial charge in [-0.3, -0.25) is 9.59 Å². The van der Waals surface area contributed by atoms with Gasteiger partial charge in [-0.05, 0) is 48.4 Å². The Hall–Kier alpha value is -2.05. The number of rotatable bonds is 7. The van der Waals surface area contributed by atoms with Gasteiger partial charge < -0.3 is 10.6 Å². The molecule has 0 saturated heterocycles. The zero-order chi connectivity index (χ0) is 26.6. The predicted octanol–water partition coefficient (Wildman–Crippen LogP) is 7.02. The first-order valence-electron chi connectivity index (χ1n) is 9.72. The maximum atomic E-state index is 13.7. The van der Waals surface area contributed by atoms with Gasteiger partial charge in [-0.2, -0.15) is 26.3 Å². The van der Waals surface area contributed by atoms with Gasteiger partial charge in [0.25, 0.3) is 5.91 Å². The zero-order valence-electron chi connectivity index (χ0n) is 17.7. The summed E-state index contributed by atoms with van der Waals surface area (Å²) in [5.41, 5.74) is 0.158. The summed E-state index contributed by atoms with van der Waals surface area (Å²) >= 11 is 12.4. The average Bonchev–Trinajstić information content (AvgIpc) is 2.70. The number of nitrogens with one attached hydrogen (secondary N) is 2. The Labute approximate surface area is 218 Å². The van der Waals surface area contributed by atoms with Crippen molar-refractivity contribution in [3.63, 3.8) is 0 Å². The first-order chi connectivity index (χ1) is 16.1. The first kappa shape index (κ1) is 29.2. The van der Waals surface area contributed by atoms with Crippen molar-refractivity contribution < 1.29 is 35.9 Å². The van der Waals surface area contributed by atoms with Crippen LogP contribution in [0.3, 0.4) is 0 Å². The van der Waals surface area contributed by atoms with E-state index in [9.17, 15) is 35.9 Å². The highest BCUT2D eigenvalue weighted by Gasteiger charge is 2.39. The molecule has 0 aliphatic rings.